The highest BCUT2D eigenvalue weighted by molar-refractivity contribution is 5.71. The molecule has 0 rings (SSSR count). The van der Waals surface area contributed by atoms with Crippen LogP contribution in [0.3, 0.4) is 0 Å². The molecule has 0 saturated carbocycles. The largest absolute Gasteiger partial charge is 0.462 e. The summed E-state index contributed by atoms with van der Waals surface area (Å²) in [5, 5.41) is 0. The number of carbonyl (C=O) groups is 3. The van der Waals surface area contributed by atoms with Crippen LogP contribution in [0.15, 0.2) is 109 Å². The summed E-state index contributed by atoms with van der Waals surface area (Å²) in [5.41, 5.74) is 0. The normalized spacial score (nSPS) is 12.9. The third-order valence-electron chi connectivity index (χ3n) is 12.2. The van der Waals surface area contributed by atoms with Crippen LogP contribution in [0.5, 0.6) is 0 Å². The van der Waals surface area contributed by atoms with E-state index in [1.165, 1.54) is 96.3 Å². The zero-order chi connectivity index (χ0) is 51.4. The van der Waals surface area contributed by atoms with Gasteiger partial charge in [-0.1, -0.05) is 226 Å². The van der Waals surface area contributed by atoms with Crippen molar-refractivity contribution in [3.8, 4) is 0 Å². The van der Waals surface area contributed by atoms with Gasteiger partial charge in [0.1, 0.15) is 13.2 Å². The SMILES string of the molecule is CC/C=C\C/C=C\C/C=C\C/C=C\C/C=C\CCCCCC(=O)OC[C@H](COC(=O)CCCCCCC/C=C\C/C=C\CCCCC)OC(=O)CCCCCCCCCCC/C=C\C/C=C\CCCCC. The van der Waals surface area contributed by atoms with Crippen LogP contribution in [-0.2, 0) is 28.6 Å². The summed E-state index contributed by atoms with van der Waals surface area (Å²) in [7, 11) is 0. The molecule has 0 fully saturated rings. The zero-order valence-electron chi connectivity index (χ0n) is 46.2. The smallest absolute Gasteiger partial charge is 0.306 e. The van der Waals surface area contributed by atoms with E-state index in [1.807, 2.05) is 0 Å². The molecule has 0 aromatic heterocycles. The van der Waals surface area contributed by atoms with Gasteiger partial charge in [-0.05, 0) is 128 Å². The highest BCUT2D eigenvalue weighted by Gasteiger charge is 2.19. The summed E-state index contributed by atoms with van der Waals surface area (Å²) < 4.78 is 16.8. The van der Waals surface area contributed by atoms with Gasteiger partial charge in [0, 0.05) is 19.3 Å². The van der Waals surface area contributed by atoms with Gasteiger partial charge < -0.3 is 14.2 Å². The Morgan fingerprint density at radius 2 is 0.549 bits per heavy atom. The third-order valence-corrected chi connectivity index (χ3v) is 12.2. The Labute approximate surface area is 438 Å². The van der Waals surface area contributed by atoms with Gasteiger partial charge in [0.2, 0.25) is 0 Å². The molecule has 0 aliphatic heterocycles. The first-order valence-electron chi connectivity index (χ1n) is 29.4. The molecule has 0 bridgehead atoms. The topological polar surface area (TPSA) is 78.9 Å². The molecule has 1 atom stereocenters. The molecule has 0 spiro atoms. The van der Waals surface area contributed by atoms with Crippen LogP contribution in [0, 0.1) is 0 Å². The summed E-state index contributed by atoms with van der Waals surface area (Å²) in [6.45, 7) is 6.44. The molecule has 404 valence electrons. The van der Waals surface area contributed by atoms with Gasteiger partial charge in [-0.15, -0.1) is 0 Å². The molecule has 0 N–H and O–H groups in total. The van der Waals surface area contributed by atoms with E-state index in [2.05, 4.69) is 130 Å². The van der Waals surface area contributed by atoms with Crippen molar-refractivity contribution in [2.24, 2.45) is 0 Å². The second kappa shape index (κ2) is 58.6. The van der Waals surface area contributed by atoms with Crippen molar-refractivity contribution in [3.63, 3.8) is 0 Å². The Bertz CT molecular complexity index is 1460. The fourth-order valence-corrected chi connectivity index (χ4v) is 7.82. The predicted octanol–water partition coefficient (Wildman–Crippen LogP) is 19.9. The van der Waals surface area contributed by atoms with Crippen molar-refractivity contribution in [1.82, 2.24) is 0 Å². The molecule has 0 aromatic rings. The Hall–Kier alpha value is -3.93. The third kappa shape index (κ3) is 56.9. The number of carbonyl (C=O) groups excluding carboxylic acids is 3. The lowest BCUT2D eigenvalue weighted by molar-refractivity contribution is -0.167. The first kappa shape index (κ1) is 67.1. The van der Waals surface area contributed by atoms with Gasteiger partial charge >= 0.3 is 17.9 Å². The van der Waals surface area contributed by atoms with Crippen molar-refractivity contribution < 1.29 is 28.6 Å². The lowest BCUT2D eigenvalue weighted by Gasteiger charge is -2.18. The molecule has 0 amide bonds. The Balaban J connectivity index is 4.48. The maximum Gasteiger partial charge on any atom is 0.306 e. The molecule has 0 aliphatic carbocycles. The van der Waals surface area contributed by atoms with Crippen LogP contribution in [0.25, 0.3) is 0 Å². The minimum atomic E-state index is -0.803. The molecule has 0 aromatic carbocycles. The van der Waals surface area contributed by atoms with Crippen LogP contribution in [0.1, 0.15) is 265 Å². The van der Waals surface area contributed by atoms with Crippen LogP contribution in [-0.4, -0.2) is 37.2 Å². The van der Waals surface area contributed by atoms with Gasteiger partial charge in [-0.3, -0.25) is 14.4 Å². The summed E-state index contributed by atoms with van der Waals surface area (Å²) in [6.07, 6.45) is 79.3. The summed E-state index contributed by atoms with van der Waals surface area (Å²) in [6, 6.07) is 0. The minimum Gasteiger partial charge on any atom is -0.462 e. The van der Waals surface area contributed by atoms with Crippen LogP contribution < -0.4 is 0 Å². The number of allylic oxidation sites excluding steroid dienone is 18. The maximum atomic E-state index is 12.9. The fraction of sp³-hybridized carbons (Fsp3) is 0.677. The van der Waals surface area contributed by atoms with E-state index in [4.69, 9.17) is 14.2 Å². The van der Waals surface area contributed by atoms with E-state index in [-0.39, 0.29) is 31.1 Å². The molecule has 0 radical (unpaired) electrons. The first-order valence-corrected chi connectivity index (χ1v) is 29.4. The average Bonchev–Trinajstić information content (AvgIpc) is 3.37. The van der Waals surface area contributed by atoms with E-state index in [9.17, 15) is 14.4 Å². The minimum absolute atomic E-state index is 0.0990. The number of hydrogen-bond donors (Lipinski definition) is 0. The molecule has 0 aliphatic rings. The van der Waals surface area contributed by atoms with Gasteiger partial charge in [0.05, 0.1) is 0 Å². The van der Waals surface area contributed by atoms with Crippen molar-refractivity contribution >= 4 is 17.9 Å². The predicted molar refractivity (Wildman–Crippen MR) is 307 cm³/mol. The summed E-state index contributed by atoms with van der Waals surface area (Å²) in [5.74, 6) is -0.947. The maximum absolute atomic E-state index is 12.9. The Morgan fingerprint density at radius 1 is 0.296 bits per heavy atom. The van der Waals surface area contributed by atoms with E-state index >= 15 is 0 Å². The van der Waals surface area contributed by atoms with Gasteiger partial charge in [0.25, 0.3) is 0 Å². The van der Waals surface area contributed by atoms with E-state index in [0.717, 1.165) is 128 Å². The zero-order valence-corrected chi connectivity index (χ0v) is 46.2. The van der Waals surface area contributed by atoms with Crippen molar-refractivity contribution in [1.29, 1.82) is 0 Å². The van der Waals surface area contributed by atoms with Crippen LogP contribution >= 0.6 is 0 Å². The molecule has 0 heterocycles. The molecule has 0 saturated heterocycles. The number of ether oxygens (including phenoxy) is 3. The molecule has 71 heavy (non-hydrogen) atoms. The standard InChI is InChI=1S/C65H108O6/c1-4-7-10-13-16-19-22-25-28-30-32-34-37-40-43-46-49-52-55-58-64(67)70-61-62(60-69-63(66)57-54-51-48-45-42-39-36-27-24-21-18-15-12-9-6-3)71-65(68)59-56-53-50-47-44-41-38-35-33-31-29-26-23-20-17-14-11-8-5-2/h7,10,16-21,25-29,32,34,36,40,43,62H,4-6,8-9,11-15,22-24,30-31,33,35,37-39,41-42,44-61H2,1-3H3/b10-7-,19-16-,20-17-,21-18-,28-25-,29-26-,34-32-,36-27-,43-40-/t62-/m0/s1. The second-order valence-corrected chi connectivity index (χ2v) is 19.2. The Kier molecular flexibility index (Phi) is 55.4. The molecule has 6 nitrogen and oxygen atoms in total. The molecule has 6 heteroatoms. The first-order chi connectivity index (χ1) is 35.0. The highest BCUT2D eigenvalue weighted by Crippen LogP contribution is 2.14. The number of esters is 3. The number of hydrogen-bond acceptors (Lipinski definition) is 6. The number of unbranched alkanes of at least 4 members (excludes halogenated alkanes) is 23. The summed E-state index contributed by atoms with van der Waals surface area (Å²) in [4.78, 5) is 38.2. The van der Waals surface area contributed by atoms with Gasteiger partial charge in [-0.25, -0.2) is 0 Å². The Morgan fingerprint density at radius 3 is 0.873 bits per heavy atom. The lowest BCUT2D eigenvalue weighted by Crippen LogP contribution is -2.30. The van der Waals surface area contributed by atoms with E-state index in [1.54, 1.807) is 0 Å². The average molecular weight is 986 g/mol. The lowest BCUT2D eigenvalue weighted by atomic mass is 10.1. The van der Waals surface area contributed by atoms with Gasteiger partial charge in [-0.2, -0.15) is 0 Å². The molecular weight excluding hydrogens is 877 g/mol. The fourth-order valence-electron chi connectivity index (χ4n) is 7.82. The van der Waals surface area contributed by atoms with Crippen LogP contribution in [0.2, 0.25) is 0 Å². The van der Waals surface area contributed by atoms with Gasteiger partial charge in [0.15, 0.2) is 6.10 Å². The van der Waals surface area contributed by atoms with Crippen molar-refractivity contribution in [2.75, 3.05) is 13.2 Å². The second-order valence-electron chi connectivity index (χ2n) is 19.2. The summed E-state index contributed by atoms with van der Waals surface area (Å²) >= 11 is 0. The quantitative estimate of drug-likeness (QED) is 0.0261. The van der Waals surface area contributed by atoms with E-state index in [0.29, 0.717) is 19.3 Å². The molecule has 0 unspecified atom stereocenters. The van der Waals surface area contributed by atoms with Crippen molar-refractivity contribution in [2.45, 2.75) is 271 Å². The number of rotatable bonds is 52. The van der Waals surface area contributed by atoms with Crippen molar-refractivity contribution in [3.05, 3.63) is 109 Å². The monoisotopic (exact) mass is 985 g/mol. The van der Waals surface area contributed by atoms with Crippen LogP contribution in [0.4, 0.5) is 0 Å². The van der Waals surface area contributed by atoms with E-state index < -0.39 is 6.10 Å². The highest BCUT2D eigenvalue weighted by atomic mass is 16.6. The molecular formula is C65H108O6.